The van der Waals surface area contributed by atoms with Crippen molar-refractivity contribution in [2.24, 2.45) is 5.73 Å². The molecule has 4 heterocycles. The van der Waals surface area contributed by atoms with E-state index in [4.69, 9.17) is 20.0 Å². The molecule has 1 spiro atoms. The van der Waals surface area contributed by atoms with Gasteiger partial charge in [-0.2, -0.15) is 4.98 Å². The second-order valence-electron chi connectivity index (χ2n) is 9.38. The molecule has 3 aromatic rings. The number of benzene rings is 1. The van der Waals surface area contributed by atoms with Crippen molar-refractivity contribution in [3.8, 4) is 17.1 Å². The van der Waals surface area contributed by atoms with Gasteiger partial charge in [0.05, 0.1) is 7.11 Å². The Hall–Kier alpha value is -3.17. The Bertz CT molecular complexity index is 1120. The van der Waals surface area contributed by atoms with E-state index >= 15 is 0 Å². The van der Waals surface area contributed by atoms with Gasteiger partial charge in [0.25, 0.3) is 0 Å². The fourth-order valence-electron chi connectivity index (χ4n) is 5.16. The molecule has 9 nitrogen and oxygen atoms in total. The molecule has 0 aliphatic carbocycles. The van der Waals surface area contributed by atoms with Crippen LogP contribution in [0.4, 0.5) is 11.7 Å². The number of likely N-dealkylation sites (N-methyl/N-ethyl adjacent to an activating group) is 1. The quantitative estimate of drug-likeness (QED) is 0.612. The lowest BCUT2D eigenvalue weighted by atomic mass is 9.83. The number of pyridine rings is 1. The van der Waals surface area contributed by atoms with E-state index in [-0.39, 0.29) is 5.54 Å². The number of nitrogens with two attached hydrogens (primary N) is 1. The van der Waals surface area contributed by atoms with Gasteiger partial charge in [0.15, 0.2) is 0 Å². The molecular weight excluding hydrogens is 430 g/mol. The second kappa shape index (κ2) is 9.23. The summed E-state index contributed by atoms with van der Waals surface area (Å²) in [6.07, 6.45) is 4.06. The number of anilines is 2. The van der Waals surface area contributed by atoms with Crippen LogP contribution in [0.1, 0.15) is 24.1 Å². The number of aromatic nitrogens is 3. The number of piperidine rings is 1. The summed E-state index contributed by atoms with van der Waals surface area (Å²) in [6.45, 7) is 7.20. The van der Waals surface area contributed by atoms with Crippen LogP contribution in [0.3, 0.4) is 0 Å². The summed E-state index contributed by atoms with van der Waals surface area (Å²) in [7, 11) is 3.89. The topological polar surface area (TPSA) is 96.8 Å². The van der Waals surface area contributed by atoms with Gasteiger partial charge in [-0.15, -0.1) is 0 Å². The summed E-state index contributed by atoms with van der Waals surface area (Å²) in [5.41, 5.74) is 10.1. The van der Waals surface area contributed by atoms with Crippen molar-refractivity contribution in [3.63, 3.8) is 0 Å². The summed E-state index contributed by atoms with van der Waals surface area (Å²) in [5, 5.41) is 4.27. The summed E-state index contributed by atoms with van der Waals surface area (Å²) in [6, 6.07) is 10.7. The number of methoxy groups -OCH3 is 1. The SMILES string of the molecule is COc1cc(CN)cc(-c2noc(N3CCN(C)C4(CCN(c5ccnc(C)c5)CC4)C3)n2)c1. The maximum absolute atomic E-state index is 5.85. The van der Waals surface area contributed by atoms with Gasteiger partial charge < -0.3 is 24.8 Å². The second-order valence-corrected chi connectivity index (χ2v) is 9.38. The standard InChI is InChI=1S/C25H33N7O2/c1-18-12-21(4-7-27-18)31-8-5-25(6-9-31)17-32(11-10-30(25)2)24-28-23(29-34-24)20-13-19(16-26)14-22(15-20)33-3/h4,7,12-15H,5-6,8-11,16-17,26H2,1-3H3. The maximum Gasteiger partial charge on any atom is 0.324 e. The first-order chi connectivity index (χ1) is 16.5. The van der Waals surface area contributed by atoms with E-state index in [0.717, 1.165) is 68.1 Å². The van der Waals surface area contributed by atoms with E-state index in [1.807, 2.05) is 31.3 Å². The average Bonchev–Trinajstić information content (AvgIpc) is 3.36. The van der Waals surface area contributed by atoms with Crippen LogP contribution in [0.15, 0.2) is 41.1 Å². The molecule has 2 fully saturated rings. The molecule has 34 heavy (non-hydrogen) atoms. The molecule has 5 rings (SSSR count). The average molecular weight is 464 g/mol. The predicted molar refractivity (Wildman–Crippen MR) is 132 cm³/mol. The highest BCUT2D eigenvalue weighted by Gasteiger charge is 2.43. The molecule has 1 aromatic carbocycles. The smallest absolute Gasteiger partial charge is 0.324 e. The van der Waals surface area contributed by atoms with Crippen molar-refractivity contribution < 1.29 is 9.26 Å². The van der Waals surface area contributed by atoms with Crippen LogP contribution in [-0.2, 0) is 6.54 Å². The molecule has 0 amide bonds. The third-order valence-corrected chi connectivity index (χ3v) is 7.32. The molecule has 0 radical (unpaired) electrons. The number of piperazine rings is 1. The first kappa shape index (κ1) is 22.6. The predicted octanol–water partition coefficient (Wildman–Crippen LogP) is 2.70. The highest BCUT2D eigenvalue weighted by molar-refractivity contribution is 5.60. The number of aryl methyl sites for hydroxylation is 1. The highest BCUT2D eigenvalue weighted by Crippen LogP contribution is 2.35. The van der Waals surface area contributed by atoms with Gasteiger partial charge in [-0.1, -0.05) is 5.16 Å². The van der Waals surface area contributed by atoms with Crippen LogP contribution in [0, 0.1) is 6.92 Å². The van der Waals surface area contributed by atoms with Crippen molar-refractivity contribution in [1.82, 2.24) is 20.0 Å². The highest BCUT2D eigenvalue weighted by atomic mass is 16.5. The molecule has 0 bridgehead atoms. The van der Waals surface area contributed by atoms with Crippen LogP contribution in [-0.4, -0.2) is 72.4 Å². The van der Waals surface area contributed by atoms with E-state index in [1.54, 1.807) is 7.11 Å². The first-order valence-electron chi connectivity index (χ1n) is 11.9. The molecule has 9 heteroatoms. The Labute approximate surface area is 200 Å². The van der Waals surface area contributed by atoms with Gasteiger partial charge in [-0.25, -0.2) is 0 Å². The van der Waals surface area contributed by atoms with Crippen molar-refractivity contribution in [1.29, 1.82) is 0 Å². The zero-order valence-corrected chi connectivity index (χ0v) is 20.2. The van der Waals surface area contributed by atoms with E-state index in [1.165, 1.54) is 5.69 Å². The fraction of sp³-hybridized carbons (Fsp3) is 0.480. The molecule has 0 atom stereocenters. The Morgan fingerprint density at radius 1 is 1.09 bits per heavy atom. The first-order valence-corrected chi connectivity index (χ1v) is 11.9. The molecule has 2 aliphatic heterocycles. The van der Waals surface area contributed by atoms with E-state index in [0.29, 0.717) is 18.4 Å². The Balaban J connectivity index is 1.32. The summed E-state index contributed by atoms with van der Waals surface area (Å²) in [4.78, 5) is 16.3. The number of rotatable bonds is 5. The minimum Gasteiger partial charge on any atom is -0.497 e. The van der Waals surface area contributed by atoms with E-state index in [9.17, 15) is 0 Å². The fourth-order valence-corrected chi connectivity index (χ4v) is 5.16. The third-order valence-electron chi connectivity index (χ3n) is 7.32. The minimum atomic E-state index is 0.0914. The third kappa shape index (κ3) is 4.33. The molecule has 2 N–H and O–H groups in total. The number of nitrogens with zero attached hydrogens (tertiary/aromatic N) is 6. The maximum atomic E-state index is 5.85. The molecular formula is C25H33N7O2. The molecule has 2 aromatic heterocycles. The van der Waals surface area contributed by atoms with Gasteiger partial charge >= 0.3 is 6.01 Å². The van der Waals surface area contributed by atoms with Gasteiger partial charge in [0.2, 0.25) is 5.82 Å². The Kier molecular flexibility index (Phi) is 6.14. The van der Waals surface area contributed by atoms with Crippen LogP contribution in [0.5, 0.6) is 5.75 Å². The molecule has 0 saturated carbocycles. The van der Waals surface area contributed by atoms with Crippen LogP contribution >= 0.6 is 0 Å². The van der Waals surface area contributed by atoms with Gasteiger partial charge in [0, 0.05) is 67.9 Å². The van der Waals surface area contributed by atoms with Gasteiger partial charge in [-0.3, -0.25) is 9.88 Å². The minimum absolute atomic E-state index is 0.0914. The Morgan fingerprint density at radius 2 is 1.91 bits per heavy atom. The molecule has 180 valence electrons. The lowest BCUT2D eigenvalue weighted by Gasteiger charge is -2.53. The molecule has 2 saturated heterocycles. The normalized spacial score (nSPS) is 18.5. The van der Waals surface area contributed by atoms with Crippen LogP contribution in [0.25, 0.3) is 11.4 Å². The summed E-state index contributed by atoms with van der Waals surface area (Å²) >= 11 is 0. The number of ether oxygens (including phenoxy) is 1. The largest absolute Gasteiger partial charge is 0.497 e. The zero-order chi connectivity index (χ0) is 23.7. The lowest BCUT2D eigenvalue weighted by molar-refractivity contribution is 0.0736. The molecule has 0 unspecified atom stereocenters. The lowest BCUT2D eigenvalue weighted by Crippen LogP contribution is -2.64. The van der Waals surface area contributed by atoms with Crippen LogP contribution in [0.2, 0.25) is 0 Å². The van der Waals surface area contributed by atoms with Crippen molar-refractivity contribution in [2.75, 3.05) is 56.7 Å². The van der Waals surface area contributed by atoms with E-state index in [2.05, 4.69) is 44.0 Å². The van der Waals surface area contributed by atoms with Crippen molar-refractivity contribution in [3.05, 3.63) is 47.8 Å². The van der Waals surface area contributed by atoms with E-state index < -0.39 is 0 Å². The van der Waals surface area contributed by atoms with Crippen LogP contribution < -0.4 is 20.3 Å². The Morgan fingerprint density at radius 3 is 2.65 bits per heavy atom. The van der Waals surface area contributed by atoms with Crippen molar-refractivity contribution >= 4 is 11.7 Å². The summed E-state index contributed by atoms with van der Waals surface area (Å²) in [5.74, 6) is 1.29. The monoisotopic (exact) mass is 463 g/mol. The van der Waals surface area contributed by atoms with Gasteiger partial charge in [0.1, 0.15) is 5.75 Å². The van der Waals surface area contributed by atoms with Gasteiger partial charge in [-0.05, 0) is 62.7 Å². The summed E-state index contributed by atoms with van der Waals surface area (Å²) < 4.78 is 11.1. The number of hydrogen-bond donors (Lipinski definition) is 1. The molecule has 2 aliphatic rings. The zero-order valence-electron chi connectivity index (χ0n) is 20.2. The van der Waals surface area contributed by atoms with Crippen molar-refractivity contribution in [2.45, 2.75) is 31.8 Å². The number of hydrogen-bond acceptors (Lipinski definition) is 9.